The molecule has 90 valence electrons. The topological polar surface area (TPSA) is 29.5 Å². The largest absolute Gasteiger partial charge is 0.496 e. The number of hydrogen-bond acceptors (Lipinski definition) is 3. The van der Waals surface area contributed by atoms with Crippen molar-refractivity contribution in [2.24, 2.45) is 0 Å². The van der Waals surface area contributed by atoms with Crippen LogP contribution >= 0.6 is 11.3 Å². The summed E-state index contributed by atoms with van der Waals surface area (Å²) in [4.78, 5) is 0.576. The molecule has 0 radical (unpaired) electrons. The van der Waals surface area contributed by atoms with Crippen molar-refractivity contribution in [1.29, 1.82) is 0 Å². The molecule has 0 amide bonds. The molecule has 0 aliphatic rings. The lowest BCUT2D eigenvalue weighted by molar-refractivity contribution is 0.222. The van der Waals surface area contributed by atoms with Crippen molar-refractivity contribution in [3.8, 4) is 5.75 Å². The Bertz CT molecular complexity index is 505. The van der Waals surface area contributed by atoms with Gasteiger partial charge in [-0.25, -0.2) is 8.78 Å². The molecule has 2 nitrogen and oxygen atoms in total. The van der Waals surface area contributed by atoms with Crippen LogP contribution in [0.2, 0.25) is 0 Å². The summed E-state index contributed by atoms with van der Waals surface area (Å²) in [6.07, 6.45) is -1.05. The third kappa shape index (κ3) is 2.62. The second-order valence-corrected chi connectivity index (χ2v) is 4.44. The van der Waals surface area contributed by atoms with Crippen molar-refractivity contribution >= 4 is 11.3 Å². The molecule has 1 heterocycles. The molecule has 1 atom stereocenters. The lowest BCUT2D eigenvalue weighted by Crippen LogP contribution is -1.98. The molecule has 0 spiro atoms. The molecule has 2 rings (SSSR count). The summed E-state index contributed by atoms with van der Waals surface area (Å²) in [5.74, 6) is -0.800. The zero-order valence-corrected chi connectivity index (χ0v) is 9.80. The molecule has 0 saturated heterocycles. The van der Waals surface area contributed by atoms with E-state index in [2.05, 4.69) is 0 Å². The van der Waals surface area contributed by atoms with Crippen LogP contribution in [0, 0.1) is 11.6 Å². The second-order valence-electron chi connectivity index (χ2n) is 3.49. The number of thiophene rings is 1. The number of rotatable bonds is 3. The van der Waals surface area contributed by atoms with E-state index < -0.39 is 17.7 Å². The molecule has 0 fully saturated rings. The highest BCUT2D eigenvalue weighted by Gasteiger charge is 2.15. The van der Waals surface area contributed by atoms with Crippen molar-refractivity contribution in [3.05, 3.63) is 51.7 Å². The Morgan fingerprint density at radius 3 is 2.35 bits per heavy atom. The van der Waals surface area contributed by atoms with Gasteiger partial charge in [0, 0.05) is 16.3 Å². The molecule has 1 unspecified atom stereocenters. The van der Waals surface area contributed by atoms with Crippen molar-refractivity contribution in [2.45, 2.75) is 6.10 Å². The summed E-state index contributed by atoms with van der Waals surface area (Å²) in [6, 6.07) is 4.63. The molecule has 1 aromatic heterocycles. The van der Waals surface area contributed by atoms with Crippen LogP contribution in [-0.4, -0.2) is 12.2 Å². The Hall–Kier alpha value is -1.46. The van der Waals surface area contributed by atoms with E-state index in [1.165, 1.54) is 18.4 Å². The van der Waals surface area contributed by atoms with E-state index in [1.54, 1.807) is 11.4 Å². The number of hydrogen-bond donors (Lipinski definition) is 1. The van der Waals surface area contributed by atoms with Crippen LogP contribution in [0.25, 0.3) is 0 Å². The summed E-state index contributed by atoms with van der Waals surface area (Å²) in [6.45, 7) is 0. The summed E-state index contributed by atoms with van der Waals surface area (Å²) >= 11 is 1.27. The maximum absolute atomic E-state index is 13.0. The smallest absolute Gasteiger partial charge is 0.129 e. The van der Waals surface area contributed by atoms with E-state index in [9.17, 15) is 13.9 Å². The fraction of sp³-hybridized carbons (Fsp3) is 0.167. The van der Waals surface area contributed by atoms with Gasteiger partial charge in [0.05, 0.1) is 7.11 Å². The molecule has 2 aromatic rings. The first-order valence-corrected chi connectivity index (χ1v) is 5.74. The summed E-state index contributed by atoms with van der Waals surface area (Å²) in [7, 11) is 1.51. The van der Waals surface area contributed by atoms with Gasteiger partial charge in [0.25, 0.3) is 0 Å². The molecule has 1 N–H and O–H groups in total. The van der Waals surface area contributed by atoms with Crippen LogP contribution in [0.4, 0.5) is 8.78 Å². The van der Waals surface area contributed by atoms with Crippen LogP contribution < -0.4 is 4.74 Å². The summed E-state index contributed by atoms with van der Waals surface area (Å²) in [5.41, 5.74) is 0.187. The fourth-order valence-corrected chi connectivity index (χ4v) is 2.35. The highest BCUT2D eigenvalue weighted by Crippen LogP contribution is 2.31. The van der Waals surface area contributed by atoms with E-state index >= 15 is 0 Å². The quantitative estimate of drug-likeness (QED) is 0.914. The van der Waals surface area contributed by atoms with E-state index in [0.29, 0.717) is 10.6 Å². The molecule has 0 aliphatic heterocycles. The molecule has 1 aromatic carbocycles. The van der Waals surface area contributed by atoms with Gasteiger partial charge in [-0.05, 0) is 23.8 Å². The molecular formula is C12H10F2O2S. The maximum Gasteiger partial charge on any atom is 0.129 e. The van der Waals surface area contributed by atoms with Crippen LogP contribution in [-0.2, 0) is 0 Å². The average Bonchev–Trinajstić information content (AvgIpc) is 2.75. The third-order valence-electron chi connectivity index (χ3n) is 2.30. The van der Waals surface area contributed by atoms with Gasteiger partial charge in [0.15, 0.2) is 0 Å². The molecule has 5 heteroatoms. The first-order valence-electron chi connectivity index (χ1n) is 4.86. The van der Waals surface area contributed by atoms with Crippen LogP contribution in [0.3, 0.4) is 0 Å². The number of halogens is 2. The van der Waals surface area contributed by atoms with E-state index in [0.717, 1.165) is 18.2 Å². The van der Waals surface area contributed by atoms with Gasteiger partial charge in [0.1, 0.15) is 23.5 Å². The molecule has 0 bridgehead atoms. The Labute approximate surface area is 101 Å². The Morgan fingerprint density at radius 2 is 1.82 bits per heavy atom. The average molecular weight is 256 g/mol. The number of ether oxygens (including phenoxy) is 1. The first-order chi connectivity index (χ1) is 8.10. The van der Waals surface area contributed by atoms with Crippen LogP contribution in [0.5, 0.6) is 5.75 Å². The van der Waals surface area contributed by atoms with Gasteiger partial charge < -0.3 is 9.84 Å². The van der Waals surface area contributed by atoms with Crippen LogP contribution in [0.15, 0.2) is 29.6 Å². The van der Waals surface area contributed by atoms with Gasteiger partial charge in [0.2, 0.25) is 0 Å². The van der Waals surface area contributed by atoms with E-state index in [-0.39, 0.29) is 5.56 Å². The minimum Gasteiger partial charge on any atom is -0.496 e. The summed E-state index contributed by atoms with van der Waals surface area (Å²) < 4.78 is 31.0. The van der Waals surface area contributed by atoms with Crippen molar-refractivity contribution < 1.29 is 18.6 Å². The SMILES string of the molecule is COc1csc(C(O)c2cc(F)cc(F)c2)c1. The van der Waals surface area contributed by atoms with Crippen molar-refractivity contribution in [2.75, 3.05) is 7.11 Å². The fourth-order valence-electron chi connectivity index (χ4n) is 1.48. The van der Waals surface area contributed by atoms with E-state index in [1.807, 2.05) is 0 Å². The first kappa shape index (κ1) is 12.0. The predicted molar refractivity (Wildman–Crippen MR) is 61.3 cm³/mol. The molecule has 0 aliphatic carbocycles. The number of aliphatic hydroxyl groups is 1. The van der Waals surface area contributed by atoms with E-state index in [4.69, 9.17) is 4.74 Å². The lowest BCUT2D eigenvalue weighted by atomic mass is 10.1. The Balaban J connectivity index is 2.32. The van der Waals surface area contributed by atoms with Gasteiger partial charge >= 0.3 is 0 Å². The van der Waals surface area contributed by atoms with Crippen LogP contribution in [0.1, 0.15) is 16.5 Å². The van der Waals surface area contributed by atoms with Gasteiger partial charge in [-0.1, -0.05) is 0 Å². The molecular weight excluding hydrogens is 246 g/mol. The predicted octanol–water partition coefficient (Wildman–Crippen LogP) is 3.12. The maximum atomic E-state index is 13.0. The minimum atomic E-state index is -1.05. The van der Waals surface area contributed by atoms with Gasteiger partial charge in [-0.3, -0.25) is 0 Å². The normalized spacial score (nSPS) is 12.5. The lowest BCUT2D eigenvalue weighted by Gasteiger charge is -2.08. The number of methoxy groups -OCH3 is 1. The number of benzene rings is 1. The van der Waals surface area contributed by atoms with Crippen molar-refractivity contribution in [1.82, 2.24) is 0 Å². The third-order valence-corrected chi connectivity index (χ3v) is 3.26. The molecule has 0 saturated carbocycles. The summed E-state index contributed by atoms with van der Waals surface area (Å²) in [5, 5.41) is 11.7. The highest BCUT2D eigenvalue weighted by atomic mass is 32.1. The number of aliphatic hydroxyl groups excluding tert-OH is 1. The zero-order valence-electron chi connectivity index (χ0n) is 8.98. The standard InChI is InChI=1S/C12H10F2O2S/c1-16-10-5-11(17-6-10)12(15)7-2-8(13)4-9(14)3-7/h2-6,12,15H,1H3. The van der Waals surface area contributed by atoms with Gasteiger partial charge in [-0.15, -0.1) is 11.3 Å². The van der Waals surface area contributed by atoms with Crippen molar-refractivity contribution in [3.63, 3.8) is 0 Å². The minimum absolute atomic E-state index is 0.187. The Kier molecular flexibility index (Phi) is 3.40. The van der Waals surface area contributed by atoms with Gasteiger partial charge in [-0.2, -0.15) is 0 Å². The molecule has 17 heavy (non-hydrogen) atoms. The second kappa shape index (κ2) is 4.81. The monoisotopic (exact) mass is 256 g/mol. The zero-order chi connectivity index (χ0) is 12.4. The Morgan fingerprint density at radius 1 is 1.18 bits per heavy atom. The highest BCUT2D eigenvalue weighted by molar-refractivity contribution is 7.10.